The number of hydrogen-bond acceptors (Lipinski definition) is 4. The maximum absolute atomic E-state index is 12.6. The highest BCUT2D eigenvalue weighted by atomic mass is 16.5. The molecule has 0 fully saturated rings. The number of benzene rings is 2. The molecule has 26 heavy (non-hydrogen) atoms. The van der Waals surface area contributed by atoms with Gasteiger partial charge in [-0.05, 0) is 30.3 Å². The molecule has 4 rings (SSSR count). The first-order valence-corrected chi connectivity index (χ1v) is 8.37. The molecule has 6 nitrogen and oxygen atoms in total. The number of nitrogens with zero attached hydrogens (tertiary/aromatic N) is 3. The number of aliphatic imine (C=N–C) groups is 1. The average molecular weight is 346 g/mol. The number of anilines is 1. The highest BCUT2D eigenvalue weighted by Gasteiger charge is 2.17. The van der Waals surface area contributed by atoms with Crippen molar-refractivity contribution in [3.63, 3.8) is 0 Å². The first-order valence-electron chi connectivity index (χ1n) is 8.37. The molecule has 2 heterocycles. The minimum atomic E-state index is -0.134. The lowest BCUT2D eigenvalue weighted by Gasteiger charge is -2.10. The van der Waals surface area contributed by atoms with E-state index in [2.05, 4.69) is 15.3 Å². The molecule has 0 saturated carbocycles. The van der Waals surface area contributed by atoms with E-state index >= 15 is 0 Å². The summed E-state index contributed by atoms with van der Waals surface area (Å²) in [6, 6.07) is 15.1. The lowest BCUT2D eigenvalue weighted by molar-refractivity contribution is -0.116. The first kappa shape index (κ1) is 16.1. The summed E-state index contributed by atoms with van der Waals surface area (Å²) >= 11 is 0. The second-order valence-electron chi connectivity index (χ2n) is 5.93. The summed E-state index contributed by atoms with van der Waals surface area (Å²) in [5.41, 5.74) is 3.25. The van der Waals surface area contributed by atoms with Gasteiger partial charge in [-0.25, -0.2) is 4.98 Å². The van der Waals surface area contributed by atoms with Crippen molar-refractivity contribution < 1.29 is 9.53 Å². The van der Waals surface area contributed by atoms with E-state index in [1.807, 2.05) is 59.3 Å². The van der Waals surface area contributed by atoms with Gasteiger partial charge in [0.25, 0.3) is 0 Å². The van der Waals surface area contributed by atoms with E-state index in [9.17, 15) is 4.79 Å². The van der Waals surface area contributed by atoms with Gasteiger partial charge < -0.3 is 14.6 Å². The average Bonchev–Trinajstić information content (AvgIpc) is 3.30. The van der Waals surface area contributed by atoms with Crippen LogP contribution in [0.4, 0.5) is 5.69 Å². The van der Waals surface area contributed by atoms with Crippen molar-refractivity contribution in [3.8, 4) is 5.75 Å². The fourth-order valence-electron chi connectivity index (χ4n) is 2.99. The lowest BCUT2D eigenvalue weighted by atomic mass is 10.3. The summed E-state index contributed by atoms with van der Waals surface area (Å²) < 4.78 is 7.10. The second kappa shape index (κ2) is 6.84. The van der Waals surface area contributed by atoms with Gasteiger partial charge in [0.15, 0.2) is 5.82 Å². The largest absolute Gasteiger partial charge is 0.497 e. The molecule has 2 aromatic carbocycles. The molecule has 0 radical (unpaired) electrons. The molecule has 0 spiro atoms. The minimum absolute atomic E-state index is 0.134. The van der Waals surface area contributed by atoms with Crippen LogP contribution in [0.25, 0.3) is 16.7 Å². The standard InChI is InChI=1S/C20H18N4O2/c1-26-15-7-4-6-14(12-15)22-19(25)13-24-18-10-3-2-8-16(18)23-20(24)17-9-5-11-21-17/h2-4,6-12H,5,13H2,1H3,(H,22,25). The Morgan fingerprint density at radius 2 is 2.12 bits per heavy atom. The zero-order valence-electron chi connectivity index (χ0n) is 14.3. The Morgan fingerprint density at radius 1 is 1.23 bits per heavy atom. The summed E-state index contributed by atoms with van der Waals surface area (Å²) in [7, 11) is 1.60. The van der Waals surface area contributed by atoms with Gasteiger partial charge in [0.2, 0.25) is 5.91 Å². The number of imidazole rings is 1. The quantitative estimate of drug-likeness (QED) is 0.769. The van der Waals surface area contributed by atoms with Crippen molar-refractivity contribution in [1.82, 2.24) is 9.55 Å². The number of carbonyl (C=O) groups is 1. The number of ether oxygens (including phenoxy) is 1. The maximum Gasteiger partial charge on any atom is 0.244 e. The molecule has 0 unspecified atom stereocenters. The van der Waals surface area contributed by atoms with Crippen molar-refractivity contribution in [3.05, 3.63) is 60.4 Å². The third-order valence-corrected chi connectivity index (χ3v) is 4.19. The number of allylic oxidation sites excluding steroid dienone is 1. The molecule has 0 bridgehead atoms. The van der Waals surface area contributed by atoms with E-state index in [0.29, 0.717) is 17.3 Å². The van der Waals surface area contributed by atoms with E-state index in [0.717, 1.165) is 23.2 Å². The van der Waals surface area contributed by atoms with Crippen LogP contribution in [0, 0.1) is 0 Å². The van der Waals surface area contributed by atoms with Gasteiger partial charge in [-0.3, -0.25) is 9.79 Å². The fraction of sp³-hybridized carbons (Fsp3) is 0.150. The highest BCUT2D eigenvalue weighted by molar-refractivity contribution is 5.93. The van der Waals surface area contributed by atoms with Gasteiger partial charge in [-0.1, -0.05) is 18.2 Å². The van der Waals surface area contributed by atoms with E-state index in [4.69, 9.17) is 4.74 Å². The predicted octanol–water partition coefficient (Wildman–Crippen LogP) is 3.50. The highest BCUT2D eigenvalue weighted by Crippen LogP contribution is 2.25. The van der Waals surface area contributed by atoms with Crippen LogP contribution in [0.5, 0.6) is 5.75 Å². The third-order valence-electron chi connectivity index (χ3n) is 4.19. The lowest BCUT2D eigenvalue weighted by Crippen LogP contribution is -2.20. The molecule has 1 aliphatic heterocycles. The monoisotopic (exact) mass is 346 g/mol. The number of methoxy groups -OCH3 is 1. The Kier molecular flexibility index (Phi) is 4.23. The smallest absolute Gasteiger partial charge is 0.244 e. The van der Waals surface area contributed by atoms with Crippen LogP contribution in [-0.2, 0) is 11.3 Å². The second-order valence-corrected chi connectivity index (χ2v) is 5.93. The number of carbonyl (C=O) groups excluding carboxylic acids is 1. The summed E-state index contributed by atoms with van der Waals surface area (Å²) in [5, 5.41) is 2.91. The number of fused-ring (bicyclic) bond motifs is 1. The molecule has 3 aromatic rings. The molecule has 1 aliphatic rings. The van der Waals surface area contributed by atoms with Crippen LogP contribution in [0.2, 0.25) is 0 Å². The van der Waals surface area contributed by atoms with E-state index < -0.39 is 0 Å². The molecule has 1 aromatic heterocycles. The van der Waals surface area contributed by atoms with E-state index in [1.165, 1.54) is 0 Å². The van der Waals surface area contributed by atoms with Crippen LogP contribution in [0.15, 0.2) is 59.6 Å². The number of aromatic nitrogens is 2. The van der Waals surface area contributed by atoms with Crippen LogP contribution in [0.3, 0.4) is 0 Å². The SMILES string of the molecule is COc1cccc(NC(=O)Cn2c(C3=CCC=N3)nc3ccccc32)c1. The van der Waals surface area contributed by atoms with Gasteiger partial charge in [0, 0.05) is 24.4 Å². The van der Waals surface area contributed by atoms with Crippen molar-refractivity contribution >= 4 is 34.5 Å². The molecule has 6 heteroatoms. The molecule has 1 amide bonds. The number of rotatable bonds is 5. The molecule has 1 N–H and O–H groups in total. The molecular weight excluding hydrogens is 328 g/mol. The molecule has 130 valence electrons. The molecule has 0 aliphatic carbocycles. The Labute approximate surface area is 150 Å². The normalized spacial score (nSPS) is 13.0. The van der Waals surface area contributed by atoms with Crippen LogP contribution in [0.1, 0.15) is 12.2 Å². The Morgan fingerprint density at radius 3 is 2.92 bits per heavy atom. The molecular formula is C20H18N4O2. The van der Waals surface area contributed by atoms with Gasteiger partial charge >= 0.3 is 0 Å². The zero-order chi connectivity index (χ0) is 17.9. The van der Waals surface area contributed by atoms with E-state index in [-0.39, 0.29) is 12.5 Å². The number of para-hydroxylation sites is 2. The topological polar surface area (TPSA) is 68.5 Å². The Bertz CT molecular complexity index is 1030. The van der Waals surface area contributed by atoms with Crippen molar-refractivity contribution in [2.75, 3.05) is 12.4 Å². The molecule has 0 atom stereocenters. The summed E-state index contributed by atoms with van der Waals surface area (Å²) in [4.78, 5) is 21.7. The van der Waals surface area contributed by atoms with Gasteiger partial charge in [-0.2, -0.15) is 0 Å². The van der Waals surface area contributed by atoms with Gasteiger partial charge in [0.1, 0.15) is 18.0 Å². The third kappa shape index (κ3) is 3.09. The van der Waals surface area contributed by atoms with Crippen LogP contribution in [-0.4, -0.2) is 28.8 Å². The zero-order valence-corrected chi connectivity index (χ0v) is 14.3. The van der Waals surface area contributed by atoms with Crippen LogP contribution < -0.4 is 10.1 Å². The van der Waals surface area contributed by atoms with Crippen LogP contribution >= 0.6 is 0 Å². The minimum Gasteiger partial charge on any atom is -0.497 e. The number of hydrogen-bond donors (Lipinski definition) is 1. The van der Waals surface area contributed by atoms with Crippen molar-refractivity contribution in [2.24, 2.45) is 4.99 Å². The summed E-state index contributed by atoms with van der Waals surface area (Å²) in [5.74, 6) is 1.27. The summed E-state index contributed by atoms with van der Waals surface area (Å²) in [6.07, 6.45) is 4.64. The van der Waals surface area contributed by atoms with Crippen molar-refractivity contribution in [2.45, 2.75) is 13.0 Å². The summed E-state index contributed by atoms with van der Waals surface area (Å²) in [6.45, 7) is 0.153. The predicted molar refractivity (Wildman–Crippen MR) is 102 cm³/mol. The number of amides is 1. The molecule has 0 saturated heterocycles. The van der Waals surface area contributed by atoms with Gasteiger partial charge in [-0.15, -0.1) is 0 Å². The Balaban J connectivity index is 1.64. The van der Waals surface area contributed by atoms with Crippen molar-refractivity contribution in [1.29, 1.82) is 0 Å². The number of nitrogens with one attached hydrogen (secondary N) is 1. The maximum atomic E-state index is 12.6. The Hall–Kier alpha value is -3.41. The van der Waals surface area contributed by atoms with Gasteiger partial charge in [0.05, 0.1) is 18.1 Å². The first-order chi connectivity index (χ1) is 12.7. The fourth-order valence-corrected chi connectivity index (χ4v) is 2.99. The van der Waals surface area contributed by atoms with E-state index in [1.54, 1.807) is 13.2 Å².